The number of hydrogen-bond donors (Lipinski definition) is 2. The number of amides is 2. The van der Waals surface area contributed by atoms with E-state index in [1.165, 1.54) is 6.07 Å². The smallest absolute Gasteiger partial charge is 0.323 e. The predicted octanol–water partition coefficient (Wildman–Crippen LogP) is 4.01. The lowest BCUT2D eigenvalue weighted by atomic mass is 10.2. The Morgan fingerprint density at radius 2 is 1.90 bits per heavy atom. The number of aryl methyl sites for hydroxylation is 1. The van der Waals surface area contributed by atoms with E-state index in [2.05, 4.69) is 32.6 Å². The van der Waals surface area contributed by atoms with Crippen molar-refractivity contribution in [1.29, 1.82) is 0 Å². The second-order valence-electron chi connectivity index (χ2n) is 7.97. The largest absolute Gasteiger partial charge is 0.368 e. The van der Waals surface area contributed by atoms with Crippen molar-refractivity contribution in [3.63, 3.8) is 0 Å². The van der Waals surface area contributed by atoms with Gasteiger partial charge in [0.2, 0.25) is 0 Å². The maximum atomic E-state index is 14.7. The monoisotopic (exact) mass is 402 g/mol. The second-order valence-corrected chi connectivity index (χ2v) is 7.97. The molecule has 2 amide bonds. The van der Waals surface area contributed by atoms with Crippen LogP contribution < -0.4 is 15.5 Å². The maximum Gasteiger partial charge on any atom is 0.323 e. The minimum Gasteiger partial charge on any atom is -0.368 e. The summed E-state index contributed by atoms with van der Waals surface area (Å²) in [5.41, 5.74) is 3.32. The summed E-state index contributed by atoms with van der Waals surface area (Å²) in [4.78, 5) is 16.8. The molecule has 0 atom stereocenters. The summed E-state index contributed by atoms with van der Waals surface area (Å²) in [5, 5.41) is 10.0. The third kappa shape index (κ3) is 4.87. The fourth-order valence-electron chi connectivity index (χ4n) is 3.75. The number of rotatable bonds is 4. The van der Waals surface area contributed by atoms with Crippen LogP contribution in [0.15, 0.2) is 18.2 Å². The molecule has 2 heterocycles. The molecule has 1 fully saturated rings. The number of likely N-dealkylation sites (N-methyl/N-ethyl adjacent to an activating group) is 1. The van der Waals surface area contributed by atoms with E-state index in [1.807, 2.05) is 32.4 Å². The van der Waals surface area contributed by atoms with Crippen LogP contribution in [0.1, 0.15) is 37.7 Å². The van der Waals surface area contributed by atoms with Gasteiger partial charge in [0.15, 0.2) is 0 Å². The summed E-state index contributed by atoms with van der Waals surface area (Å²) in [6.07, 6.45) is 1.00. The minimum absolute atomic E-state index is 0.202. The molecule has 1 saturated heterocycles. The Morgan fingerprint density at radius 1 is 1.14 bits per heavy atom. The normalized spacial score (nSPS) is 15.5. The third-order valence-corrected chi connectivity index (χ3v) is 5.32. The van der Waals surface area contributed by atoms with Gasteiger partial charge in [0.05, 0.1) is 22.8 Å². The molecule has 8 heteroatoms. The average Bonchev–Trinajstić information content (AvgIpc) is 2.81. The van der Waals surface area contributed by atoms with Crippen molar-refractivity contribution in [2.45, 2.75) is 40.2 Å². The number of carbonyl (C=O) groups is 1. The standard InChI is InChI=1S/C21H31FN6O/c1-14(2)28-16(4)20(15(3)25-28)24-21(29)23-17-7-8-19(18(22)13-17)27-10-6-9-26(5)11-12-27/h7-8,13-14H,6,9-12H2,1-5H3,(H2,23,24,29). The van der Waals surface area contributed by atoms with E-state index in [9.17, 15) is 9.18 Å². The highest BCUT2D eigenvalue weighted by molar-refractivity contribution is 6.00. The van der Waals surface area contributed by atoms with E-state index < -0.39 is 6.03 Å². The molecule has 2 aromatic rings. The van der Waals surface area contributed by atoms with Crippen LogP contribution in [-0.2, 0) is 0 Å². The Bertz CT molecular complexity index is 878. The van der Waals surface area contributed by atoms with Crippen LogP contribution in [0.4, 0.5) is 26.2 Å². The Balaban J connectivity index is 1.68. The number of benzene rings is 1. The number of urea groups is 1. The van der Waals surface area contributed by atoms with E-state index in [0.717, 1.165) is 44.0 Å². The summed E-state index contributed by atoms with van der Waals surface area (Å²) >= 11 is 0. The van der Waals surface area contributed by atoms with Crippen molar-refractivity contribution in [3.8, 4) is 0 Å². The number of anilines is 3. The van der Waals surface area contributed by atoms with E-state index in [-0.39, 0.29) is 11.9 Å². The fourth-order valence-corrected chi connectivity index (χ4v) is 3.75. The third-order valence-electron chi connectivity index (χ3n) is 5.32. The maximum absolute atomic E-state index is 14.7. The van der Waals surface area contributed by atoms with Crippen LogP contribution in [0.3, 0.4) is 0 Å². The first-order valence-corrected chi connectivity index (χ1v) is 10.1. The van der Waals surface area contributed by atoms with Gasteiger partial charge in [0, 0.05) is 31.4 Å². The number of carbonyl (C=O) groups excluding carboxylic acids is 1. The molecule has 1 aromatic carbocycles. The van der Waals surface area contributed by atoms with Crippen LogP contribution in [0.2, 0.25) is 0 Å². The first kappa shape index (κ1) is 21.1. The molecule has 1 aromatic heterocycles. The average molecular weight is 403 g/mol. The first-order chi connectivity index (χ1) is 13.8. The zero-order valence-electron chi connectivity index (χ0n) is 17.9. The molecular weight excluding hydrogens is 371 g/mol. The second kappa shape index (κ2) is 8.82. The number of nitrogens with one attached hydrogen (secondary N) is 2. The van der Waals surface area contributed by atoms with Gasteiger partial charge in [-0.05, 0) is 65.9 Å². The Labute approximate surface area is 171 Å². The Hall–Kier alpha value is -2.61. The lowest BCUT2D eigenvalue weighted by molar-refractivity contribution is 0.262. The van der Waals surface area contributed by atoms with E-state index >= 15 is 0 Å². The Morgan fingerprint density at radius 3 is 2.55 bits per heavy atom. The molecule has 0 unspecified atom stereocenters. The van der Waals surface area contributed by atoms with Gasteiger partial charge in [0.25, 0.3) is 0 Å². The minimum atomic E-state index is -0.414. The quantitative estimate of drug-likeness (QED) is 0.811. The first-order valence-electron chi connectivity index (χ1n) is 10.1. The van der Waals surface area contributed by atoms with Crippen LogP contribution in [-0.4, -0.2) is 53.9 Å². The van der Waals surface area contributed by atoms with Crippen molar-refractivity contribution in [2.75, 3.05) is 48.8 Å². The van der Waals surface area contributed by atoms with Gasteiger partial charge in [-0.1, -0.05) is 0 Å². The fraction of sp³-hybridized carbons (Fsp3) is 0.524. The number of aromatic nitrogens is 2. The van der Waals surface area contributed by atoms with Crippen LogP contribution in [0.5, 0.6) is 0 Å². The number of nitrogens with zero attached hydrogens (tertiary/aromatic N) is 4. The Kier molecular flexibility index (Phi) is 6.42. The SMILES string of the molecule is Cc1nn(C(C)C)c(C)c1NC(=O)Nc1ccc(N2CCCN(C)CC2)c(F)c1. The van der Waals surface area contributed by atoms with E-state index in [1.54, 1.807) is 12.1 Å². The van der Waals surface area contributed by atoms with Gasteiger partial charge in [-0.2, -0.15) is 5.10 Å². The van der Waals surface area contributed by atoms with Gasteiger partial charge in [-0.15, -0.1) is 0 Å². The number of halogens is 1. The molecule has 1 aliphatic rings. The van der Waals surface area contributed by atoms with Gasteiger partial charge in [0.1, 0.15) is 5.82 Å². The van der Waals surface area contributed by atoms with Gasteiger partial charge in [-0.25, -0.2) is 9.18 Å². The lowest BCUT2D eigenvalue weighted by Crippen LogP contribution is -2.29. The highest BCUT2D eigenvalue weighted by Crippen LogP contribution is 2.25. The molecule has 0 spiro atoms. The topological polar surface area (TPSA) is 65.4 Å². The molecule has 7 nitrogen and oxygen atoms in total. The number of hydrogen-bond acceptors (Lipinski definition) is 4. The van der Waals surface area contributed by atoms with Crippen molar-refractivity contribution in [1.82, 2.24) is 14.7 Å². The molecule has 1 aliphatic heterocycles. The summed E-state index contributed by atoms with van der Waals surface area (Å²) in [7, 11) is 2.08. The van der Waals surface area contributed by atoms with Crippen molar-refractivity contribution < 1.29 is 9.18 Å². The van der Waals surface area contributed by atoms with Crippen molar-refractivity contribution in [2.24, 2.45) is 0 Å². The van der Waals surface area contributed by atoms with Gasteiger partial charge in [-0.3, -0.25) is 4.68 Å². The van der Waals surface area contributed by atoms with Gasteiger partial charge < -0.3 is 20.4 Å². The van der Waals surface area contributed by atoms with Crippen molar-refractivity contribution >= 4 is 23.1 Å². The summed E-state index contributed by atoms with van der Waals surface area (Å²) in [6, 6.07) is 4.64. The lowest BCUT2D eigenvalue weighted by Gasteiger charge is -2.23. The van der Waals surface area contributed by atoms with Crippen LogP contribution >= 0.6 is 0 Å². The zero-order chi connectivity index (χ0) is 21.1. The molecule has 2 N–H and O–H groups in total. The summed E-state index contributed by atoms with van der Waals surface area (Å²) in [5.74, 6) is -0.327. The molecule has 158 valence electrons. The molecule has 29 heavy (non-hydrogen) atoms. The molecular formula is C21H31FN6O. The highest BCUT2D eigenvalue weighted by atomic mass is 19.1. The summed E-state index contributed by atoms with van der Waals surface area (Å²) < 4.78 is 16.6. The molecule has 0 saturated carbocycles. The predicted molar refractivity (Wildman–Crippen MR) is 115 cm³/mol. The molecule has 3 rings (SSSR count). The van der Waals surface area contributed by atoms with Crippen LogP contribution in [0.25, 0.3) is 0 Å². The summed E-state index contributed by atoms with van der Waals surface area (Å²) in [6.45, 7) is 11.4. The molecule has 0 radical (unpaired) electrons. The van der Waals surface area contributed by atoms with Crippen molar-refractivity contribution in [3.05, 3.63) is 35.4 Å². The van der Waals surface area contributed by atoms with E-state index in [4.69, 9.17) is 0 Å². The van der Waals surface area contributed by atoms with E-state index in [0.29, 0.717) is 17.1 Å². The molecule has 0 bridgehead atoms. The van der Waals surface area contributed by atoms with Gasteiger partial charge >= 0.3 is 6.03 Å². The highest BCUT2D eigenvalue weighted by Gasteiger charge is 2.18. The van der Waals surface area contributed by atoms with Crippen LogP contribution in [0, 0.1) is 19.7 Å². The zero-order valence-corrected chi connectivity index (χ0v) is 17.9. The molecule has 0 aliphatic carbocycles.